The lowest BCUT2D eigenvalue weighted by Crippen LogP contribution is -2.42. The van der Waals surface area contributed by atoms with Crippen molar-refractivity contribution in [3.8, 4) is 0 Å². The van der Waals surface area contributed by atoms with E-state index in [1.54, 1.807) is 6.07 Å². The SMILES string of the molecule is CCOC(=O)C(F)(F)[C@@H](N)c1cc(Br)cc(Br)c1N.Cl. The number of esters is 1. The number of nitrogen functional groups attached to an aromatic ring is 1. The Morgan fingerprint density at radius 3 is 2.50 bits per heavy atom. The van der Waals surface area contributed by atoms with Gasteiger partial charge in [-0.2, -0.15) is 8.78 Å². The molecule has 4 nitrogen and oxygen atoms in total. The second kappa shape index (κ2) is 7.53. The largest absolute Gasteiger partial charge is 0.462 e. The number of benzene rings is 1. The van der Waals surface area contributed by atoms with Crippen LogP contribution in [0, 0.1) is 0 Å². The van der Waals surface area contributed by atoms with Gasteiger partial charge in [0.2, 0.25) is 0 Å². The number of carbonyl (C=O) groups is 1. The van der Waals surface area contributed by atoms with Crippen LogP contribution in [0.25, 0.3) is 0 Å². The first-order chi connectivity index (χ1) is 8.71. The lowest BCUT2D eigenvalue weighted by atomic mass is 10.00. The van der Waals surface area contributed by atoms with Crippen molar-refractivity contribution in [3.63, 3.8) is 0 Å². The molecule has 0 aromatic heterocycles. The zero-order valence-corrected chi connectivity index (χ0v) is 14.3. The molecule has 1 rings (SSSR count). The topological polar surface area (TPSA) is 78.3 Å². The number of ether oxygens (including phenoxy) is 1. The predicted molar refractivity (Wildman–Crippen MR) is 82.0 cm³/mol. The van der Waals surface area contributed by atoms with Gasteiger partial charge in [0.25, 0.3) is 0 Å². The molecule has 0 spiro atoms. The Morgan fingerprint density at radius 2 is 2.00 bits per heavy atom. The van der Waals surface area contributed by atoms with Crippen LogP contribution in [0.5, 0.6) is 0 Å². The van der Waals surface area contributed by atoms with Crippen molar-refractivity contribution in [1.82, 2.24) is 0 Å². The van der Waals surface area contributed by atoms with Crippen LogP contribution in [0.3, 0.4) is 0 Å². The fourth-order valence-corrected chi connectivity index (χ4v) is 2.67. The van der Waals surface area contributed by atoms with Crippen LogP contribution in [0.2, 0.25) is 0 Å². The molecule has 1 aromatic rings. The van der Waals surface area contributed by atoms with Gasteiger partial charge in [0.1, 0.15) is 6.04 Å². The number of halogens is 5. The lowest BCUT2D eigenvalue weighted by molar-refractivity contribution is -0.174. The van der Waals surface area contributed by atoms with Crippen LogP contribution in [-0.2, 0) is 9.53 Å². The van der Waals surface area contributed by atoms with E-state index in [2.05, 4.69) is 36.6 Å². The van der Waals surface area contributed by atoms with E-state index in [-0.39, 0.29) is 30.3 Å². The van der Waals surface area contributed by atoms with Crippen molar-refractivity contribution >= 4 is 55.9 Å². The monoisotopic (exact) mass is 436 g/mol. The Balaban J connectivity index is 0.00000361. The van der Waals surface area contributed by atoms with Gasteiger partial charge in [-0.05, 0) is 35.0 Å². The van der Waals surface area contributed by atoms with E-state index < -0.39 is 17.9 Å². The third kappa shape index (κ3) is 4.03. The van der Waals surface area contributed by atoms with E-state index in [1.807, 2.05) is 0 Å². The molecular weight excluding hydrogens is 425 g/mol. The molecule has 0 aliphatic carbocycles. The molecule has 1 atom stereocenters. The lowest BCUT2D eigenvalue weighted by Gasteiger charge is -2.23. The van der Waals surface area contributed by atoms with Crippen molar-refractivity contribution in [2.45, 2.75) is 18.9 Å². The van der Waals surface area contributed by atoms with Crippen molar-refractivity contribution in [2.75, 3.05) is 12.3 Å². The summed E-state index contributed by atoms with van der Waals surface area (Å²) in [6.07, 6.45) is 0. The first-order valence-electron chi connectivity index (χ1n) is 5.26. The summed E-state index contributed by atoms with van der Waals surface area (Å²) < 4.78 is 32.9. The average molecular weight is 438 g/mol. The number of hydrogen-bond donors (Lipinski definition) is 2. The number of hydrogen-bond acceptors (Lipinski definition) is 4. The second-order valence-corrected chi connectivity index (χ2v) is 5.48. The standard InChI is InChI=1S/C11H12Br2F2N2O2.ClH/c1-2-19-10(18)11(14,15)9(17)6-3-5(12)4-7(13)8(6)16;/h3-4,9H,2,16-17H2,1H3;1H/t9-;/m0./s1. The van der Waals surface area contributed by atoms with Gasteiger partial charge >= 0.3 is 11.9 Å². The molecule has 114 valence electrons. The molecule has 9 heteroatoms. The summed E-state index contributed by atoms with van der Waals surface area (Å²) in [6.45, 7) is 1.28. The number of rotatable bonds is 4. The van der Waals surface area contributed by atoms with Crippen molar-refractivity contribution in [1.29, 1.82) is 0 Å². The molecule has 0 saturated heterocycles. The number of nitrogens with two attached hydrogens (primary N) is 2. The number of alkyl halides is 2. The van der Waals surface area contributed by atoms with E-state index in [1.165, 1.54) is 13.0 Å². The van der Waals surface area contributed by atoms with Crippen molar-refractivity contribution < 1.29 is 18.3 Å². The zero-order chi connectivity index (χ0) is 14.8. The zero-order valence-electron chi connectivity index (χ0n) is 10.3. The van der Waals surface area contributed by atoms with Crippen LogP contribution < -0.4 is 11.5 Å². The van der Waals surface area contributed by atoms with Gasteiger partial charge in [-0.1, -0.05) is 15.9 Å². The third-order valence-electron chi connectivity index (χ3n) is 2.40. The highest BCUT2D eigenvalue weighted by Gasteiger charge is 2.48. The Kier molecular flexibility index (Phi) is 7.37. The fourth-order valence-electron chi connectivity index (χ4n) is 1.41. The smallest absolute Gasteiger partial charge is 0.379 e. The third-order valence-corrected chi connectivity index (χ3v) is 3.51. The van der Waals surface area contributed by atoms with Crippen LogP contribution in [0.15, 0.2) is 21.1 Å². The van der Waals surface area contributed by atoms with Gasteiger partial charge in [-0.3, -0.25) is 0 Å². The summed E-state index contributed by atoms with van der Waals surface area (Å²) in [4.78, 5) is 11.2. The Hall–Kier alpha value is -0.440. The Morgan fingerprint density at radius 1 is 1.45 bits per heavy atom. The molecule has 0 saturated carbocycles. The minimum absolute atomic E-state index is 0. The van der Waals surface area contributed by atoms with E-state index in [9.17, 15) is 13.6 Å². The summed E-state index contributed by atoms with van der Waals surface area (Å²) in [7, 11) is 0. The van der Waals surface area contributed by atoms with Gasteiger partial charge in [0.05, 0.1) is 12.3 Å². The van der Waals surface area contributed by atoms with E-state index >= 15 is 0 Å². The molecule has 4 N–H and O–H groups in total. The summed E-state index contributed by atoms with van der Waals surface area (Å²) in [5, 5.41) is 0. The molecular formula is C11H13Br2ClF2N2O2. The first kappa shape index (κ1) is 19.6. The Labute approximate surface area is 137 Å². The maximum absolute atomic E-state index is 13.8. The normalized spacial score (nSPS) is 12.5. The summed E-state index contributed by atoms with van der Waals surface area (Å²) >= 11 is 6.28. The molecule has 0 bridgehead atoms. The summed E-state index contributed by atoms with van der Waals surface area (Å²) in [5.74, 6) is -5.53. The molecule has 1 aromatic carbocycles. The van der Waals surface area contributed by atoms with Crippen molar-refractivity contribution in [3.05, 3.63) is 26.6 Å². The minimum Gasteiger partial charge on any atom is -0.462 e. The molecule has 0 radical (unpaired) electrons. The molecule has 0 amide bonds. The highest BCUT2D eigenvalue weighted by atomic mass is 79.9. The highest BCUT2D eigenvalue weighted by Crippen LogP contribution is 2.38. The van der Waals surface area contributed by atoms with Crippen LogP contribution in [-0.4, -0.2) is 18.5 Å². The van der Waals surface area contributed by atoms with Crippen molar-refractivity contribution in [2.24, 2.45) is 5.73 Å². The maximum Gasteiger partial charge on any atom is 0.379 e. The molecule has 0 unspecified atom stereocenters. The highest BCUT2D eigenvalue weighted by molar-refractivity contribution is 9.11. The van der Waals surface area contributed by atoms with Gasteiger partial charge in [0, 0.05) is 14.5 Å². The van der Waals surface area contributed by atoms with Gasteiger partial charge < -0.3 is 16.2 Å². The quantitative estimate of drug-likeness (QED) is 0.558. The first-order valence-corrected chi connectivity index (χ1v) is 6.85. The van der Waals surface area contributed by atoms with Gasteiger partial charge in [-0.15, -0.1) is 12.4 Å². The van der Waals surface area contributed by atoms with Gasteiger partial charge in [0.15, 0.2) is 0 Å². The van der Waals surface area contributed by atoms with Crippen LogP contribution in [0.1, 0.15) is 18.5 Å². The van der Waals surface area contributed by atoms with E-state index in [0.29, 0.717) is 8.95 Å². The molecule has 0 heterocycles. The Bertz CT molecular complexity index is 504. The van der Waals surface area contributed by atoms with E-state index in [0.717, 1.165) is 0 Å². The molecule has 0 aliphatic heterocycles. The summed E-state index contributed by atoms with van der Waals surface area (Å²) in [5.41, 5.74) is 11.2. The van der Waals surface area contributed by atoms with Crippen LogP contribution in [0.4, 0.5) is 14.5 Å². The number of anilines is 1. The molecule has 0 aliphatic rings. The minimum atomic E-state index is -3.86. The average Bonchev–Trinajstić information content (AvgIpc) is 2.33. The van der Waals surface area contributed by atoms with E-state index in [4.69, 9.17) is 11.5 Å². The molecule has 20 heavy (non-hydrogen) atoms. The second-order valence-electron chi connectivity index (χ2n) is 3.71. The van der Waals surface area contributed by atoms with Gasteiger partial charge in [-0.25, -0.2) is 4.79 Å². The fraction of sp³-hybridized carbons (Fsp3) is 0.364. The maximum atomic E-state index is 13.8. The summed E-state index contributed by atoms with van der Waals surface area (Å²) in [6, 6.07) is 1.05. The molecule has 0 fully saturated rings. The van der Waals surface area contributed by atoms with Crippen LogP contribution >= 0.6 is 44.3 Å². The number of carbonyl (C=O) groups excluding carboxylic acids is 1. The predicted octanol–water partition coefficient (Wildman–Crippen LogP) is 3.41.